The molecule has 0 aliphatic heterocycles. The van der Waals surface area contributed by atoms with Crippen molar-refractivity contribution in [3.8, 4) is 0 Å². The van der Waals surface area contributed by atoms with Crippen molar-refractivity contribution in [3.05, 3.63) is 0 Å². The Bertz CT molecular complexity index is 39.1. The third-order valence-electron chi connectivity index (χ3n) is 0.908. The molecule has 0 aromatic rings. The summed E-state index contributed by atoms with van der Waals surface area (Å²) in [6.07, 6.45) is 2.54. The smallest absolute Gasteiger partial charge is 0.171 e. The second-order valence-electron chi connectivity index (χ2n) is 1.80. The molecule has 0 nitrogen and oxygen atoms in total. The Morgan fingerprint density at radius 2 is 2.29 bits per heavy atom. The first-order valence-electron chi connectivity index (χ1n) is 2.67. The van der Waals surface area contributed by atoms with Crippen LogP contribution in [0.3, 0.4) is 0 Å². The van der Waals surface area contributed by atoms with Gasteiger partial charge in [-0.2, -0.15) is 11.1 Å². The van der Waals surface area contributed by atoms with Gasteiger partial charge in [-0.25, -0.2) is 0 Å². The summed E-state index contributed by atoms with van der Waals surface area (Å²) in [7, 11) is 0.611. The number of rotatable bonds is 3. The van der Waals surface area contributed by atoms with E-state index in [1.165, 1.54) is 12.8 Å². The third-order valence-corrected chi connectivity index (χ3v) is 2.69. The fraction of sp³-hybridized carbons (Fsp3) is 1.00. The van der Waals surface area contributed by atoms with Crippen molar-refractivity contribution in [1.29, 1.82) is 0 Å². The minimum Gasteiger partial charge on any atom is -0.171 e. The summed E-state index contributed by atoms with van der Waals surface area (Å²) < 4.78 is 0. The Labute approximate surface area is 52.8 Å². The van der Waals surface area contributed by atoms with Crippen LogP contribution in [0.2, 0.25) is 5.54 Å². The second kappa shape index (κ2) is 4.66. The van der Waals surface area contributed by atoms with Gasteiger partial charge in [0, 0.05) is 0 Å². The van der Waals surface area contributed by atoms with Gasteiger partial charge in [0.15, 0.2) is 8.83 Å². The molecule has 0 amide bonds. The molecule has 0 aromatic heterocycles. The molecule has 0 fully saturated rings. The average molecular weight is 135 g/mol. The van der Waals surface area contributed by atoms with E-state index in [0.717, 1.165) is 5.54 Å². The lowest BCUT2D eigenvalue weighted by Crippen LogP contribution is -1.89. The summed E-state index contributed by atoms with van der Waals surface area (Å²) in [5.74, 6) is 0. The molecule has 0 heterocycles. The molecule has 2 radical (unpaired) electrons. The van der Waals surface area contributed by atoms with Crippen LogP contribution in [-0.4, -0.2) is 8.83 Å². The first-order valence-corrected chi connectivity index (χ1v) is 4.76. The van der Waals surface area contributed by atoms with Gasteiger partial charge in [0.05, 0.1) is 0 Å². The monoisotopic (exact) mass is 134 g/mol. The van der Waals surface area contributed by atoms with Crippen LogP contribution in [0.5, 0.6) is 0 Å². The Morgan fingerprint density at radius 3 is 2.43 bits per heavy atom. The van der Waals surface area contributed by atoms with Crippen molar-refractivity contribution in [3.63, 3.8) is 0 Å². The van der Waals surface area contributed by atoms with Crippen molar-refractivity contribution in [1.82, 2.24) is 0 Å². The molecule has 0 bridgehead atoms. The number of hydrogen-bond acceptors (Lipinski definition) is 0. The molecule has 2 heteroatoms. The van der Waals surface area contributed by atoms with Crippen LogP contribution in [0, 0.1) is 0 Å². The molecule has 0 saturated carbocycles. The highest BCUT2D eigenvalue weighted by molar-refractivity contribution is 6.94. The van der Waals surface area contributed by atoms with E-state index in [1.54, 1.807) is 0 Å². The van der Waals surface area contributed by atoms with Crippen molar-refractivity contribution >= 4 is 19.9 Å². The van der Waals surface area contributed by atoms with Crippen molar-refractivity contribution < 1.29 is 0 Å². The standard InChI is InChI=1S/C5H11ClSi/c1-3-4-5(2)7-6/h5H,3-4H2,1-2H3. The molecule has 1 unspecified atom stereocenters. The van der Waals surface area contributed by atoms with Gasteiger partial charge in [-0.1, -0.05) is 26.7 Å². The zero-order valence-corrected chi connectivity index (χ0v) is 6.63. The molecule has 0 N–H and O–H groups in total. The van der Waals surface area contributed by atoms with Crippen molar-refractivity contribution in [2.24, 2.45) is 0 Å². The Balaban J connectivity index is 2.83. The Kier molecular flexibility index (Phi) is 5.00. The molecular formula is C5H11ClSi. The van der Waals surface area contributed by atoms with Crippen LogP contribution in [-0.2, 0) is 0 Å². The van der Waals surface area contributed by atoms with E-state index in [4.69, 9.17) is 11.1 Å². The lowest BCUT2D eigenvalue weighted by molar-refractivity contribution is 0.767. The summed E-state index contributed by atoms with van der Waals surface area (Å²) in [5.41, 5.74) is 0.742. The van der Waals surface area contributed by atoms with E-state index >= 15 is 0 Å². The fourth-order valence-corrected chi connectivity index (χ4v) is 1.21. The number of hydrogen-bond donors (Lipinski definition) is 0. The van der Waals surface area contributed by atoms with Crippen LogP contribution in [0.4, 0.5) is 0 Å². The van der Waals surface area contributed by atoms with Gasteiger partial charge in [-0.15, -0.1) is 0 Å². The predicted molar refractivity (Wildman–Crippen MR) is 35.9 cm³/mol. The lowest BCUT2D eigenvalue weighted by atomic mass is 10.3. The summed E-state index contributed by atoms with van der Waals surface area (Å²) >= 11 is 5.56. The van der Waals surface area contributed by atoms with E-state index in [2.05, 4.69) is 13.8 Å². The van der Waals surface area contributed by atoms with Gasteiger partial charge in [-0.3, -0.25) is 0 Å². The van der Waals surface area contributed by atoms with Crippen LogP contribution < -0.4 is 0 Å². The third kappa shape index (κ3) is 4.36. The summed E-state index contributed by atoms with van der Waals surface area (Å²) in [5, 5.41) is 0. The van der Waals surface area contributed by atoms with Gasteiger partial charge < -0.3 is 0 Å². The molecule has 7 heavy (non-hydrogen) atoms. The summed E-state index contributed by atoms with van der Waals surface area (Å²) in [6.45, 7) is 4.38. The highest BCUT2D eigenvalue weighted by Crippen LogP contribution is 2.10. The Morgan fingerprint density at radius 1 is 1.71 bits per heavy atom. The van der Waals surface area contributed by atoms with Gasteiger partial charge in [0.1, 0.15) is 0 Å². The molecule has 42 valence electrons. The summed E-state index contributed by atoms with van der Waals surface area (Å²) in [6, 6.07) is 0. The topological polar surface area (TPSA) is 0 Å². The molecule has 0 aliphatic rings. The maximum absolute atomic E-state index is 5.56. The SMILES string of the molecule is CCCC(C)[Si]Cl. The van der Waals surface area contributed by atoms with E-state index in [0.29, 0.717) is 8.83 Å². The normalized spacial score (nSPS) is 14.1. The Hall–Kier alpha value is 0.507. The molecule has 0 rings (SSSR count). The van der Waals surface area contributed by atoms with Crippen LogP contribution in [0.1, 0.15) is 26.7 Å². The van der Waals surface area contributed by atoms with Gasteiger partial charge >= 0.3 is 0 Å². The molecular weight excluding hydrogens is 124 g/mol. The highest BCUT2D eigenvalue weighted by Gasteiger charge is 1.96. The zero-order valence-electron chi connectivity index (χ0n) is 4.87. The predicted octanol–water partition coefficient (Wildman–Crippen LogP) is 2.45. The molecule has 1 atom stereocenters. The van der Waals surface area contributed by atoms with Gasteiger partial charge in [-0.05, 0) is 5.54 Å². The van der Waals surface area contributed by atoms with E-state index in [-0.39, 0.29) is 0 Å². The molecule has 0 aliphatic carbocycles. The second-order valence-corrected chi connectivity index (χ2v) is 3.66. The van der Waals surface area contributed by atoms with Crippen LogP contribution in [0.25, 0.3) is 0 Å². The molecule has 0 spiro atoms. The van der Waals surface area contributed by atoms with E-state index < -0.39 is 0 Å². The summed E-state index contributed by atoms with van der Waals surface area (Å²) in [4.78, 5) is 0. The van der Waals surface area contributed by atoms with Gasteiger partial charge in [0.2, 0.25) is 0 Å². The van der Waals surface area contributed by atoms with E-state index in [9.17, 15) is 0 Å². The highest BCUT2D eigenvalue weighted by atomic mass is 35.6. The lowest BCUT2D eigenvalue weighted by Gasteiger charge is -1.99. The maximum Gasteiger partial charge on any atom is 0.174 e. The first kappa shape index (κ1) is 7.51. The van der Waals surface area contributed by atoms with Crippen molar-refractivity contribution in [2.45, 2.75) is 32.2 Å². The quantitative estimate of drug-likeness (QED) is 0.411. The van der Waals surface area contributed by atoms with Gasteiger partial charge in [0.25, 0.3) is 0 Å². The minimum atomic E-state index is 0.611. The van der Waals surface area contributed by atoms with Crippen molar-refractivity contribution in [2.75, 3.05) is 0 Å². The fourth-order valence-electron chi connectivity index (χ4n) is 0.488. The maximum atomic E-state index is 5.56. The average Bonchev–Trinajstić information content (AvgIpc) is 1.68. The first-order chi connectivity index (χ1) is 3.31. The van der Waals surface area contributed by atoms with Crippen LogP contribution in [0.15, 0.2) is 0 Å². The minimum absolute atomic E-state index is 0.611. The number of halogens is 1. The van der Waals surface area contributed by atoms with Crippen LogP contribution >= 0.6 is 11.1 Å². The zero-order chi connectivity index (χ0) is 5.70. The molecule has 0 saturated heterocycles. The largest absolute Gasteiger partial charge is 0.174 e. The molecule has 0 aromatic carbocycles. The van der Waals surface area contributed by atoms with E-state index in [1.807, 2.05) is 0 Å².